The Morgan fingerprint density at radius 3 is 2.95 bits per heavy atom. The summed E-state index contributed by atoms with van der Waals surface area (Å²) >= 11 is 0. The number of ether oxygens (including phenoxy) is 1. The van der Waals surface area contributed by atoms with Crippen molar-refractivity contribution in [2.45, 2.75) is 19.4 Å². The molecule has 2 aromatic carbocycles. The monoisotopic (exact) mass is 285 g/mol. The summed E-state index contributed by atoms with van der Waals surface area (Å²) in [6.45, 7) is 2.37. The van der Waals surface area contributed by atoms with Gasteiger partial charge < -0.3 is 10.1 Å². The molecule has 4 heteroatoms. The van der Waals surface area contributed by atoms with Crippen LogP contribution in [-0.2, 0) is 0 Å². The first-order valence-corrected chi connectivity index (χ1v) is 6.94. The molecule has 0 aliphatic carbocycles. The van der Waals surface area contributed by atoms with Gasteiger partial charge in [-0.3, -0.25) is 4.79 Å². The highest BCUT2D eigenvalue weighted by molar-refractivity contribution is 5.95. The van der Waals surface area contributed by atoms with E-state index in [1.54, 1.807) is 12.1 Å². The molecule has 1 amide bonds. The highest BCUT2D eigenvalue weighted by Crippen LogP contribution is 2.31. The summed E-state index contributed by atoms with van der Waals surface area (Å²) in [5, 5.41) is 2.90. The number of amides is 1. The maximum absolute atomic E-state index is 13.8. The van der Waals surface area contributed by atoms with Gasteiger partial charge in [0.1, 0.15) is 11.6 Å². The van der Waals surface area contributed by atoms with Crippen LogP contribution in [0.3, 0.4) is 0 Å². The fourth-order valence-corrected chi connectivity index (χ4v) is 2.54. The molecule has 0 bridgehead atoms. The minimum atomic E-state index is -0.501. The van der Waals surface area contributed by atoms with Gasteiger partial charge in [-0.25, -0.2) is 4.39 Å². The third-order valence-electron chi connectivity index (χ3n) is 3.63. The summed E-state index contributed by atoms with van der Waals surface area (Å²) in [5.74, 6) is -0.116. The number of nitrogens with one attached hydrogen (secondary N) is 1. The van der Waals surface area contributed by atoms with E-state index in [2.05, 4.69) is 5.32 Å². The molecule has 0 saturated heterocycles. The van der Waals surface area contributed by atoms with Crippen LogP contribution in [0.5, 0.6) is 5.75 Å². The molecule has 1 unspecified atom stereocenters. The summed E-state index contributed by atoms with van der Waals surface area (Å²) in [4.78, 5) is 12.3. The van der Waals surface area contributed by atoms with E-state index >= 15 is 0 Å². The summed E-state index contributed by atoms with van der Waals surface area (Å²) in [7, 11) is 0. The van der Waals surface area contributed by atoms with Crippen molar-refractivity contribution in [3.63, 3.8) is 0 Å². The Labute approximate surface area is 122 Å². The van der Waals surface area contributed by atoms with E-state index in [-0.39, 0.29) is 11.6 Å². The lowest BCUT2D eigenvalue weighted by molar-refractivity contribution is 0.0920. The SMILES string of the molecule is Cc1ccc(F)c(C(=O)NC2CCOc3ccccc32)c1. The lowest BCUT2D eigenvalue weighted by atomic mass is 10.00. The Morgan fingerprint density at radius 1 is 1.29 bits per heavy atom. The third-order valence-corrected chi connectivity index (χ3v) is 3.63. The fraction of sp³-hybridized carbons (Fsp3) is 0.235. The smallest absolute Gasteiger partial charge is 0.254 e. The molecule has 21 heavy (non-hydrogen) atoms. The molecular formula is C17H16FNO2. The Hall–Kier alpha value is -2.36. The standard InChI is InChI=1S/C17H16FNO2/c1-11-6-7-14(18)13(10-11)17(20)19-15-8-9-21-16-5-3-2-4-12(15)16/h2-7,10,15H,8-9H2,1H3,(H,19,20). The van der Waals surface area contributed by atoms with Crippen molar-refractivity contribution in [3.05, 3.63) is 65.0 Å². The second-order valence-electron chi connectivity index (χ2n) is 5.18. The molecule has 1 heterocycles. The summed E-state index contributed by atoms with van der Waals surface area (Å²) in [5.41, 5.74) is 1.87. The molecule has 1 atom stereocenters. The second kappa shape index (κ2) is 5.56. The lowest BCUT2D eigenvalue weighted by Gasteiger charge is -2.26. The van der Waals surface area contributed by atoms with Crippen LogP contribution in [0, 0.1) is 12.7 Å². The molecule has 0 fully saturated rings. The fourth-order valence-electron chi connectivity index (χ4n) is 2.54. The van der Waals surface area contributed by atoms with Gasteiger partial charge in [-0.15, -0.1) is 0 Å². The molecule has 2 aromatic rings. The first kappa shape index (κ1) is 13.6. The average molecular weight is 285 g/mol. The molecule has 1 aliphatic heterocycles. The van der Waals surface area contributed by atoms with Gasteiger partial charge in [0.15, 0.2) is 0 Å². The Balaban J connectivity index is 1.84. The maximum Gasteiger partial charge on any atom is 0.254 e. The number of carbonyl (C=O) groups is 1. The Morgan fingerprint density at radius 2 is 2.10 bits per heavy atom. The molecule has 0 aromatic heterocycles. The average Bonchev–Trinajstić information content (AvgIpc) is 2.50. The first-order chi connectivity index (χ1) is 10.1. The predicted octanol–water partition coefficient (Wildman–Crippen LogP) is 3.39. The zero-order chi connectivity index (χ0) is 14.8. The molecule has 1 aliphatic rings. The zero-order valence-electron chi connectivity index (χ0n) is 11.7. The molecule has 0 radical (unpaired) electrons. The number of fused-ring (bicyclic) bond motifs is 1. The second-order valence-corrected chi connectivity index (χ2v) is 5.18. The van der Waals surface area contributed by atoms with E-state index in [1.807, 2.05) is 31.2 Å². The van der Waals surface area contributed by atoms with E-state index < -0.39 is 11.7 Å². The quantitative estimate of drug-likeness (QED) is 0.918. The van der Waals surface area contributed by atoms with E-state index in [9.17, 15) is 9.18 Å². The number of aryl methyl sites for hydroxylation is 1. The maximum atomic E-state index is 13.8. The molecule has 1 N–H and O–H groups in total. The summed E-state index contributed by atoms with van der Waals surface area (Å²) in [6.07, 6.45) is 0.677. The van der Waals surface area contributed by atoms with Gasteiger partial charge in [0.05, 0.1) is 18.2 Å². The van der Waals surface area contributed by atoms with Crippen molar-refractivity contribution in [1.82, 2.24) is 5.32 Å². The molecular weight excluding hydrogens is 269 g/mol. The van der Waals surface area contributed by atoms with Crippen molar-refractivity contribution in [3.8, 4) is 5.75 Å². The van der Waals surface area contributed by atoms with Crippen molar-refractivity contribution in [2.24, 2.45) is 0 Å². The van der Waals surface area contributed by atoms with Crippen molar-refractivity contribution in [1.29, 1.82) is 0 Å². The number of benzene rings is 2. The normalized spacial score (nSPS) is 16.8. The van der Waals surface area contributed by atoms with E-state index in [0.29, 0.717) is 13.0 Å². The van der Waals surface area contributed by atoms with Gasteiger partial charge in [-0.1, -0.05) is 29.8 Å². The zero-order valence-corrected chi connectivity index (χ0v) is 11.7. The molecule has 0 spiro atoms. The Kier molecular flexibility index (Phi) is 3.60. The van der Waals surface area contributed by atoms with Crippen molar-refractivity contribution >= 4 is 5.91 Å². The number of rotatable bonds is 2. The molecule has 108 valence electrons. The largest absolute Gasteiger partial charge is 0.493 e. The van der Waals surface area contributed by atoms with E-state index in [0.717, 1.165) is 16.9 Å². The van der Waals surface area contributed by atoms with Gasteiger partial charge in [-0.2, -0.15) is 0 Å². The van der Waals surface area contributed by atoms with Crippen LogP contribution in [-0.4, -0.2) is 12.5 Å². The van der Waals surface area contributed by atoms with E-state index in [1.165, 1.54) is 6.07 Å². The summed E-state index contributed by atoms with van der Waals surface area (Å²) < 4.78 is 19.3. The first-order valence-electron chi connectivity index (χ1n) is 6.94. The van der Waals surface area contributed by atoms with Gasteiger partial charge >= 0.3 is 0 Å². The van der Waals surface area contributed by atoms with Gasteiger partial charge in [-0.05, 0) is 25.1 Å². The number of halogens is 1. The number of para-hydroxylation sites is 1. The third kappa shape index (κ3) is 2.75. The highest BCUT2D eigenvalue weighted by Gasteiger charge is 2.24. The van der Waals surface area contributed by atoms with Crippen LogP contribution in [0.1, 0.15) is 33.9 Å². The van der Waals surface area contributed by atoms with E-state index in [4.69, 9.17) is 4.74 Å². The topological polar surface area (TPSA) is 38.3 Å². The minimum absolute atomic E-state index is 0.0824. The summed E-state index contributed by atoms with van der Waals surface area (Å²) in [6, 6.07) is 12.0. The molecule has 3 nitrogen and oxygen atoms in total. The minimum Gasteiger partial charge on any atom is -0.493 e. The van der Waals surface area contributed by atoms with Crippen molar-refractivity contribution < 1.29 is 13.9 Å². The molecule has 3 rings (SSSR count). The van der Waals surface area contributed by atoms with Crippen LogP contribution in [0.15, 0.2) is 42.5 Å². The van der Waals surface area contributed by atoms with Crippen LogP contribution in [0.4, 0.5) is 4.39 Å². The Bertz CT molecular complexity index is 684. The highest BCUT2D eigenvalue weighted by atomic mass is 19.1. The van der Waals surface area contributed by atoms with Crippen LogP contribution in [0.2, 0.25) is 0 Å². The number of carbonyl (C=O) groups excluding carboxylic acids is 1. The van der Waals surface area contributed by atoms with Gasteiger partial charge in [0, 0.05) is 12.0 Å². The van der Waals surface area contributed by atoms with Crippen LogP contribution >= 0.6 is 0 Å². The molecule has 0 saturated carbocycles. The number of hydrogen-bond acceptors (Lipinski definition) is 2. The van der Waals surface area contributed by atoms with Crippen LogP contribution < -0.4 is 10.1 Å². The lowest BCUT2D eigenvalue weighted by Crippen LogP contribution is -2.32. The predicted molar refractivity (Wildman–Crippen MR) is 77.9 cm³/mol. The van der Waals surface area contributed by atoms with Gasteiger partial charge in [0.2, 0.25) is 0 Å². The van der Waals surface area contributed by atoms with Gasteiger partial charge in [0.25, 0.3) is 5.91 Å². The van der Waals surface area contributed by atoms with Crippen molar-refractivity contribution in [2.75, 3.05) is 6.61 Å². The number of hydrogen-bond donors (Lipinski definition) is 1. The van der Waals surface area contributed by atoms with Crippen LogP contribution in [0.25, 0.3) is 0 Å².